The smallest absolute Gasteiger partial charge is 0.0946 e. The van der Waals surface area contributed by atoms with Crippen molar-refractivity contribution in [3.05, 3.63) is 42.2 Å². The lowest BCUT2D eigenvalue weighted by molar-refractivity contribution is 1.39. The van der Waals surface area contributed by atoms with Gasteiger partial charge in [0.2, 0.25) is 0 Å². The monoisotopic (exact) mass is 182 g/mol. The van der Waals surface area contributed by atoms with E-state index in [0.717, 1.165) is 11.0 Å². The molecular formula is C12H10N2. The molecule has 0 atom stereocenters. The second kappa shape index (κ2) is 2.58. The zero-order valence-corrected chi connectivity index (χ0v) is 7.91. The molecule has 0 amide bonds. The van der Waals surface area contributed by atoms with Gasteiger partial charge in [-0.15, -0.1) is 0 Å². The topological polar surface area (TPSA) is 28.7 Å². The Bertz CT molecular complexity index is 608. The van der Waals surface area contributed by atoms with Gasteiger partial charge in [0.15, 0.2) is 0 Å². The Hall–Kier alpha value is -1.83. The summed E-state index contributed by atoms with van der Waals surface area (Å²) in [6.45, 7) is 2.09. The van der Waals surface area contributed by atoms with Crippen LogP contribution in [0.3, 0.4) is 0 Å². The van der Waals surface area contributed by atoms with E-state index in [1.165, 1.54) is 16.3 Å². The van der Waals surface area contributed by atoms with Crippen LogP contribution in [0.2, 0.25) is 0 Å². The number of hydrogen-bond acceptors (Lipinski definition) is 1. The number of aromatic amines is 1. The number of pyridine rings is 1. The van der Waals surface area contributed by atoms with Gasteiger partial charge in [0.05, 0.1) is 11.0 Å². The van der Waals surface area contributed by atoms with Crippen LogP contribution in [-0.2, 0) is 0 Å². The van der Waals surface area contributed by atoms with Crippen molar-refractivity contribution in [2.45, 2.75) is 6.92 Å². The number of aromatic nitrogens is 2. The van der Waals surface area contributed by atoms with Crippen LogP contribution in [-0.4, -0.2) is 9.97 Å². The summed E-state index contributed by atoms with van der Waals surface area (Å²) >= 11 is 0. The number of fused-ring (bicyclic) bond motifs is 3. The first-order valence-electron chi connectivity index (χ1n) is 4.68. The normalized spacial score (nSPS) is 11.2. The molecule has 0 aliphatic rings. The fraction of sp³-hybridized carbons (Fsp3) is 0.0833. The fourth-order valence-electron chi connectivity index (χ4n) is 1.86. The third-order valence-electron chi connectivity index (χ3n) is 2.62. The quantitative estimate of drug-likeness (QED) is 0.568. The van der Waals surface area contributed by atoms with Gasteiger partial charge in [0, 0.05) is 23.2 Å². The Kier molecular flexibility index (Phi) is 1.39. The van der Waals surface area contributed by atoms with Gasteiger partial charge < -0.3 is 4.98 Å². The van der Waals surface area contributed by atoms with Crippen LogP contribution < -0.4 is 0 Å². The second-order valence-corrected chi connectivity index (χ2v) is 3.54. The maximum Gasteiger partial charge on any atom is 0.0946 e. The van der Waals surface area contributed by atoms with Gasteiger partial charge in [-0.3, -0.25) is 4.98 Å². The largest absolute Gasteiger partial charge is 0.359 e. The van der Waals surface area contributed by atoms with E-state index in [1.807, 2.05) is 18.5 Å². The van der Waals surface area contributed by atoms with E-state index in [-0.39, 0.29) is 0 Å². The molecule has 0 bridgehead atoms. The fourth-order valence-corrected chi connectivity index (χ4v) is 1.86. The van der Waals surface area contributed by atoms with Crippen LogP contribution in [0.25, 0.3) is 21.8 Å². The Balaban J connectivity index is 2.61. The molecule has 2 aromatic heterocycles. The Morgan fingerprint density at radius 2 is 2.14 bits per heavy atom. The highest BCUT2D eigenvalue weighted by molar-refractivity contribution is 6.04. The van der Waals surface area contributed by atoms with Gasteiger partial charge >= 0.3 is 0 Å². The van der Waals surface area contributed by atoms with E-state index in [0.29, 0.717) is 0 Å². The van der Waals surface area contributed by atoms with Gasteiger partial charge in [-0.25, -0.2) is 0 Å². The first-order chi connectivity index (χ1) is 6.86. The molecular weight excluding hydrogens is 172 g/mol. The van der Waals surface area contributed by atoms with E-state index >= 15 is 0 Å². The summed E-state index contributed by atoms with van der Waals surface area (Å²) in [7, 11) is 0. The molecule has 3 rings (SSSR count). The summed E-state index contributed by atoms with van der Waals surface area (Å²) < 4.78 is 0. The minimum atomic E-state index is 1.07. The van der Waals surface area contributed by atoms with Crippen molar-refractivity contribution in [2.75, 3.05) is 0 Å². The lowest BCUT2D eigenvalue weighted by Crippen LogP contribution is -1.79. The average Bonchev–Trinajstić information content (AvgIpc) is 2.61. The summed E-state index contributed by atoms with van der Waals surface area (Å²) in [6.07, 6.45) is 3.86. The number of H-pyrrole nitrogens is 1. The summed E-state index contributed by atoms with van der Waals surface area (Å²) in [5.41, 5.74) is 3.43. The van der Waals surface area contributed by atoms with Crippen molar-refractivity contribution >= 4 is 21.8 Å². The number of hydrogen-bond donors (Lipinski definition) is 1. The molecule has 3 aromatic rings. The van der Waals surface area contributed by atoms with E-state index in [4.69, 9.17) is 0 Å². The van der Waals surface area contributed by atoms with Crippen LogP contribution in [0.5, 0.6) is 0 Å². The highest BCUT2D eigenvalue weighted by Gasteiger charge is 2.04. The molecule has 2 heterocycles. The summed E-state index contributed by atoms with van der Waals surface area (Å²) in [5.74, 6) is 0. The molecule has 0 aliphatic heterocycles. The van der Waals surface area contributed by atoms with Gasteiger partial charge in [-0.05, 0) is 18.6 Å². The minimum Gasteiger partial charge on any atom is -0.359 e. The second-order valence-electron chi connectivity index (χ2n) is 3.54. The molecule has 68 valence electrons. The van der Waals surface area contributed by atoms with Gasteiger partial charge in [-0.1, -0.05) is 18.2 Å². The lowest BCUT2D eigenvalue weighted by atomic mass is 10.1. The molecule has 0 fully saturated rings. The van der Waals surface area contributed by atoms with E-state index < -0.39 is 0 Å². The molecule has 0 radical (unpaired) electrons. The molecule has 0 spiro atoms. The minimum absolute atomic E-state index is 1.07. The van der Waals surface area contributed by atoms with E-state index in [1.54, 1.807) is 0 Å². The predicted molar refractivity (Wildman–Crippen MR) is 58.3 cm³/mol. The number of benzene rings is 1. The molecule has 0 saturated heterocycles. The van der Waals surface area contributed by atoms with Crippen molar-refractivity contribution in [1.82, 2.24) is 9.97 Å². The maximum atomic E-state index is 4.42. The van der Waals surface area contributed by atoms with Crippen molar-refractivity contribution in [3.8, 4) is 0 Å². The molecule has 2 nitrogen and oxygen atoms in total. The number of rotatable bonds is 0. The van der Waals surface area contributed by atoms with Crippen molar-refractivity contribution in [3.63, 3.8) is 0 Å². The Morgan fingerprint density at radius 1 is 1.21 bits per heavy atom. The highest BCUT2D eigenvalue weighted by atomic mass is 14.7. The molecule has 2 heteroatoms. The van der Waals surface area contributed by atoms with Crippen molar-refractivity contribution in [2.24, 2.45) is 0 Å². The van der Waals surface area contributed by atoms with Crippen molar-refractivity contribution < 1.29 is 0 Å². The number of nitrogens with zero attached hydrogens (tertiary/aromatic N) is 1. The van der Waals surface area contributed by atoms with Crippen molar-refractivity contribution in [1.29, 1.82) is 0 Å². The molecule has 0 unspecified atom stereocenters. The molecule has 14 heavy (non-hydrogen) atoms. The van der Waals surface area contributed by atoms with Gasteiger partial charge in [0.25, 0.3) is 0 Å². The SMILES string of the molecule is Cc1cnc2c1ccc1ccc[nH]c12. The standard InChI is InChI=1S/C12H10N2/c1-8-7-14-12-10(8)5-4-9-3-2-6-13-11(9)12/h2-7,13H,1H3. The third-order valence-corrected chi connectivity index (χ3v) is 2.62. The van der Waals surface area contributed by atoms with Crippen LogP contribution in [0.1, 0.15) is 5.56 Å². The summed E-state index contributed by atoms with van der Waals surface area (Å²) in [5, 5.41) is 2.44. The van der Waals surface area contributed by atoms with Crippen LogP contribution in [0.4, 0.5) is 0 Å². The molecule has 1 aromatic carbocycles. The molecule has 1 N–H and O–H groups in total. The Labute approximate surface area is 81.6 Å². The number of nitrogens with one attached hydrogen (secondary N) is 1. The maximum absolute atomic E-state index is 4.42. The van der Waals surface area contributed by atoms with Crippen LogP contribution >= 0.6 is 0 Å². The van der Waals surface area contributed by atoms with Gasteiger partial charge in [-0.2, -0.15) is 0 Å². The first kappa shape index (κ1) is 7.56. The van der Waals surface area contributed by atoms with Gasteiger partial charge in [0.1, 0.15) is 0 Å². The summed E-state index contributed by atoms with van der Waals surface area (Å²) in [4.78, 5) is 7.66. The average molecular weight is 182 g/mol. The van der Waals surface area contributed by atoms with E-state index in [9.17, 15) is 0 Å². The zero-order valence-electron chi connectivity index (χ0n) is 7.91. The molecule has 0 saturated carbocycles. The summed E-state index contributed by atoms with van der Waals surface area (Å²) in [6, 6.07) is 8.36. The first-order valence-corrected chi connectivity index (χ1v) is 4.68. The van der Waals surface area contributed by atoms with Crippen LogP contribution in [0, 0.1) is 6.92 Å². The Morgan fingerprint density at radius 3 is 3.07 bits per heavy atom. The van der Waals surface area contributed by atoms with Crippen LogP contribution in [0.15, 0.2) is 36.7 Å². The van der Waals surface area contributed by atoms with E-state index in [2.05, 4.69) is 35.1 Å². The third kappa shape index (κ3) is 0.880. The predicted octanol–water partition coefficient (Wildman–Crippen LogP) is 3.02. The molecule has 0 aliphatic carbocycles. The number of aryl methyl sites for hydroxylation is 1. The zero-order chi connectivity index (χ0) is 9.54. The lowest BCUT2D eigenvalue weighted by Gasteiger charge is -1.98. The highest BCUT2D eigenvalue weighted by Crippen LogP contribution is 2.24.